The quantitative estimate of drug-likeness (QED) is 0.729. The van der Waals surface area contributed by atoms with E-state index in [1.54, 1.807) is 0 Å². The Balaban J connectivity index is 2.28. The lowest BCUT2D eigenvalue weighted by Crippen LogP contribution is -2.31. The van der Waals surface area contributed by atoms with Crippen molar-refractivity contribution in [1.82, 2.24) is 4.90 Å². The maximum Gasteiger partial charge on any atom is 0.232 e. The van der Waals surface area contributed by atoms with Gasteiger partial charge in [0.15, 0.2) is 0 Å². The third kappa shape index (κ3) is 5.70. The fourth-order valence-corrected chi connectivity index (χ4v) is 2.69. The van der Waals surface area contributed by atoms with Crippen molar-refractivity contribution in [2.75, 3.05) is 18.8 Å². The number of amides is 1. The summed E-state index contributed by atoms with van der Waals surface area (Å²) in [7, 11) is 1.62. The van der Waals surface area contributed by atoms with Crippen LogP contribution in [-0.2, 0) is 13.8 Å². The first-order valence-electron chi connectivity index (χ1n) is 5.69. The molecular formula is C10H18ClNO3S. The minimum Gasteiger partial charge on any atom is -0.343 e. The van der Waals surface area contributed by atoms with Crippen molar-refractivity contribution in [3.8, 4) is 0 Å². The molecule has 1 saturated heterocycles. The van der Waals surface area contributed by atoms with E-state index in [0.29, 0.717) is 6.42 Å². The lowest BCUT2D eigenvalue weighted by Gasteiger charge is -2.19. The fourth-order valence-electron chi connectivity index (χ4n) is 1.87. The number of halogens is 1. The van der Waals surface area contributed by atoms with Crippen LogP contribution in [0, 0.1) is 0 Å². The Morgan fingerprint density at radius 2 is 1.69 bits per heavy atom. The molecule has 0 bridgehead atoms. The van der Waals surface area contributed by atoms with E-state index in [9.17, 15) is 13.2 Å². The molecule has 0 N–H and O–H groups in total. The molecule has 1 amide bonds. The summed E-state index contributed by atoms with van der Waals surface area (Å²) in [5.41, 5.74) is 0. The van der Waals surface area contributed by atoms with E-state index < -0.39 is 9.05 Å². The highest BCUT2D eigenvalue weighted by Gasteiger charge is 2.16. The third-order valence-electron chi connectivity index (χ3n) is 2.74. The van der Waals surface area contributed by atoms with Crippen molar-refractivity contribution >= 4 is 25.6 Å². The van der Waals surface area contributed by atoms with E-state index in [2.05, 4.69) is 0 Å². The molecule has 0 atom stereocenters. The second-order valence-electron chi connectivity index (χ2n) is 4.14. The molecule has 94 valence electrons. The highest BCUT2D eigenvalue weighted by Crippen LogP contribution is 2.12. The Kier molecular flexibility index (Phi) is 5.55. The van der Waals surface area contributed by atoms with Gasteiger partial charge in [0.2, 0.25) is 15.0 Å². The Morgan fingerprint density at radius 3 is 2.19 bits per heavy atom. The molecule has 0 aromatic rings. The number of carbonyl (C=O) groups excluding carboxylic acids is 1. The van der Waals surface area contributed by atoms with Gasteiger partial charge in [-0.15, -0.1) is 0 Å². The van der Waals surface area contributed by atoms with Gasteiger partial charge in [0, 0.05) is 30.2 Å². The smallest absolute Gasteiger partial charge is 0.232 e. The van der Waals surface area contributed by atoms with Gasteiger partial charge in [-0.2, -0.15) is 0 Å². The van der Waals surface area contributed by atoms with Crippen molar-refractivity contribution < 1.29 is 13.2 Å². The van der Waals surface area contributed by atoms with Gasteiger partial charge in [0.05, 0.1) is 5.75 Å². The lowest BCUT2D eigenvalue weighted by atomic mass is 10.2. The van der Waals surface area contributed by atoms with E-state index in [1.165, 1.54) is 12.8 Å². The Bertz CT molecular complexity index is 321. The van der Waals surface area contributed by atoms with Crippen LogP contribution in [0.3, 0.4) is 0 Å². The first-order valence-corrected chi connectivity index (χ1v) is 8.17. The Morgan fingerprint density at radius 1 is 1.12 bits per heavy atom. The average Bonchev–Trinajstić information content (AvgIpc) is 2.43. The molecular weight excluding hydrogens is 250 g/mol. The molecule has 1 fully saturated rings. The van der Waals surface area contributed by atoms with Crippen LogP contribution < -0.4 is 0 Å². The summed E-state index contributed by atoms with van der Waals surface area (Å²) < 4.78 is 21.4. The number of hydrogen-bond acceptors (Lipinski definition) is 3. The summed E-state index contributed by atoms with van der Waals surface area (Å²) in [5, 5.41) is 0. The van der Waals surface area contributed by atoms with Gasteiger partial charge in [-0.25, -0.2) is 8.42 Å². The molecule has 0 aliphatic carbocycles. The van der Waals surface area contributed by atoms with Gasteiger partial charge in [-0.3, -0.25) is 4.79 Å². The maximum absolute atomic E-state index is 11.7. The highest BCUT2D eigenvalue weighted by atomic mass is 35.7. The minimum absolute atomic E-state index is 0.0576. The van der Waals surface area contributed by atoms with E-state index in [-0.39, 0.29) is 18.1 Å². The minimum atomic E-state index is -3.46. The molecule has 0 spiro atoms. The normalized spacial score (nSPS) is 18.2. The van der Waals surface area contributed by atoms with Crippen LogP contribution in [0.1, 0.15) is 38.5 Å². The summed E-state index contributed by atoms with van der Waals surface area (Å²) in [5.74, 6) is -0.0593. The van der Waals surface area contributed by atoms with Crippen LogP contribution in [-0.4, -0.2) is 38.1 Å². The van der Waals surface area contributed by atoms with Crippen molar-refractivity contribution in [2.45, 2.75) is 38.5 Å². The summed E-state index contributed by atoms with van der Waals surface area (Å²) in [6, 6.07) is 0. The fraction of sp³-hybridized carbons (Fsp3) is 0.900. The van der Waals surface area contributed by atoms with E-state index >= 15 is 0 Å². The predicted octanol–water partition coefficient (Wildman–Crippen LogP) is 1.74. The van der Waals surface area contributed by atoms with Crippen LogP contribution >= 0.6 is 10.7 Å². The zero-order valence-electron chi connectivity index (χ0n) is 9.32. The molecule has 16 heavy (non-hydrogen) atoms. The molecule has 0 aromatic carbocycles. The van der Waals surface area contributed by atoms with E-state index in [4.69, 9.17) is 10.7 Å². The third-order valence-corrected chi connectivity index (χ3v) is 3.98. The van der Waals surface area contributed by atoms with Gasteiger partial charge >= 0.3 is 0 Å². The second-order valence-corrected chi connectivity index (χ2v) is 7.04. The monoisotopic (exact) mass is 267 g/mol. The molecule has 0 saturated carbocycles. The summed E-state index contributed by atoms with van der Waals surface area (Å²) in [4.78, 5) is 13.6. The van der Waals surface area contributed by atoms with Gasteiger partial charge in [0.25, 0.3) is 0 Å². The number of likely N-dealkylation sites (tertiary alicyclic amines) is 1. The molecule has 0 unspecified atom stereocenters. The standard InChI is InChI=1S/C10H18ClNO3S/c11-16(14,15)9-5-6-10(13)12-7-3-1-2-4-8-12/h1-9H2. The topological polar surface area (TPSA) is 54.5 Å². The summed E-state index contributed by atoms with van der Waals surface area (Å²) in [6.07, 6.45) is 5.08. The van der Waals surface area contributed by atoms with Crippen LogP contribution in [0.15, 0.2) is 0 Å². The summed E-state index contributed by atoms with van der Waals surface area (Å²) >= 11 is 0. The molecule has 1 heterocycles. The van der Waals surface area contributed by atoms with Gasteiger partial charge < -0.3 is 4.90 Å². The first kappa shape index (κ1) is 13.8. The molecule has 6 heteroatoms. The molecule has 0 radical (unpaired) electrons. The first-order chi connectivity index (χ1) is 7.49. The van der Waals surface area contributed by atoms with E-state index in [0.717, 1.165) is 25.9 Å². The van der Waals surface area contributed by atoms with Crippen LogP contribution in [0.2, 0.25) is 0 Å². The molecule has 4 nitrogen and oxygen atoms in total. The molecule has 1 rings (SSSR count). The zero-order chi connectivity index (χ0) is 12.0. The van der Waals surface area contributed by atoms with Crippen LogP contribution in [0.4, 0.5) is 0 Å². The number of nitrogens with zero attached hydrogens (tertiary/aromatic N) is 1. The van der Waals surface area contributed by atoms with Crippen molar-refractivity contribution in [1.29, 1.82) is 0 Å². The number of hydrogen-bond donors (Lipinski definition) is 0. The Labute approximate surface area is 101 Å². The van der Waals surface area contributed by atoms with Crippen LogP contribution in [0.5, 0.6) is 0 Å². The van der Waals surface area contributed by atoms with Gasteiger partial charge in [-0.05, 0) is 19.3 Å². The number of rotatable bonds is 4. The van der Waals surface area contributed by atoms with Crippen molar-refractivity contribution in [2.24, 2.45) is 0 Å². The lowest BCUT2D eigenvalue weighted by molar-refractivity contribution is -0.131. The van der Waals surface area contributed by atoms with Gasteiger partial charge in [0.1, 0.15) is 0 Å². The molecule has 1 aliphatic rings. The second kappa shape index (κ2) is 6.45. The summed E-state index contributed by atoms with van der Waals surface area (Å²) in [6.45, 7) is 1.62. The number of carbonyl (C=O) groups is 1. The molecule has 1 aliphatic heterocycles. The van der Waals surface area contributed by atoms with Crippen LogP contribution in [0.25, 0.3) is 0 Å². The maximum atomic E-state index is 11.7. The SMILES string of the molecule is O=C(CCCS(=O)(=O)Cl)N1CCCCCC1. The largest absolute Gasteiger partial charge is 0.343 e. The average molecular weight is 268 g/mol. The van der Waals surface area contributed by atoms with Gasteiger partial charge in [-0.1, -0.05) is 12.8 Å². The molecule has 0 aromatic heterocycles. The zero-order valence-corrected chi connectivity index (χ0v) is 10.9. The highest BCUT2D eigenvalue weighted by molar-refractivity contribution is 8.13. The van der Waals surface area contributed by atoms with Crippen molar-refractivity contribution in [3.05, 3.63) is 0 Å². The predicted molar refractivity (Wildman–Crippen MR) is 63.9 cm³/mol. The Hall–Kier alpha value is -0.290. The van der Waals surface area contributed by atoms with E-state index in [1.807, 2.05) is 4.90 Å². The van der Waals surface area contributed by atoms with Crippen molar-refractivity contribution in [3.63, 3.8) is 0 Å².